The molecule has 0 radical (unpaired) electrons. The average Bonchev–Trinajstić information content (AvgIpc) is 2.92. The van der Waals surface area contributed by atoms with Gasteiger partial charge in [-0.25, -0.2) is 0 Å². The molecule has 3 nitrogen and oxygen atoms in total. The Bertz CT molecular complexity index is 552. The van der Waals surface area contributed by atoms with E-state index in [1.54, 1.807) is 0 Å². The Morgan fingerprint density at radius 3 is 2.38 bits per heavy atom. The maximum atomic E-state index is 12.4. The van der Waals surface area contributed by atoms with Crippen LogP contribution in [0.3, 0.4) is 0 Å². The first-order valence-corrected chi connectivity index (χ1v) is 9.58. The van der Waals surface area contributed by atoms with Gasteiger partial charge in [-0.15, -0.1) is 0 Å². The minimum absolute atomic E-state index is 0.0327. The van der Waals surface area contributed by atoms with Crippen molar-refractivity contribution in [3.05, 3.63) is 35.4 Å². The van der Waals surface area contributed by atoms with Crippen LogP contribution in [0.2, 0.25) is 0 Å². The fraction of sp³-hybridized carbons (Fsp3) is 0.667. The van der Waals surface area contributed by atoms with E-state index in [0.717, 1.165) is 6.42 Å². The summed E-state index contributed by atoms with van der Waals surface area (Å²) in [5, 5.41) is 6.84. The number of aryl methyl sites for hydroxylation is 1. The van der Waals surface area contributed by atoms with Crippen LogP contribution >= 0.6 is 0 Å². The maximum absolute atomic E-state index is 12.4. The zero-order valence-electron chi connectivity index (χ0n) is 15.4. The van der Waals surface area contributed by atoms with Gasteiger partial charge in [-0.1, -0.05) is 45.0 Å². The normalized spacial score (nSPS) is 26.4. The predicted octanol–water partition coefficient (Wildman–Crippen LogP) is 3.56. The minimum atomic E-state index is -0.0327. The SMILES string of the molecule is CCc1ccc(C(C)(C)CNC(=O)CC2CC3CCC(C2)N3)cc1. The van der Waals surface area contributed by atoms with Gasteiger partial charge in [-0.05, 0) is 49.1 Å². The lowest BCUT2D eigenvalue weighted by molar-refractivity contribution is -0.122. The van der Waals surface area contributed by atoms with E-state index in [1.165, 1.54) is 36.8 Å². The van der Waals surface area contributed by atoms with Crippen LogP contribution in [0.5, 0.6) is 0 Å². The van der Waals surface area contributed by atoms with E-state index in [9.17, 15) is 4.79 Å². The molecule has 2 N–H and O–H groups in total. The van der Waals surface area contributed by atoms with Gasteiger partial charge in [0.1, 0.15) is 0 Å². The van der Waals surface area contributed by atoms with Gasteiger partial charge in [0, 0.05) is 30.5 Å². The number of fused-ring (bicyclic) bond motifs is 2. The summed E-state index contributed by atoms with van der Waals surface area (Å²) in [6, 6.07) is 10.1. The zero-order chi connectivity index (χ0) is 17.2. The van der Waals surface area contributed by atoms with Crippen LogP contribution in [0.15, 0.2) is 24.3 Å². The highest BCUT2D eigenvalue weighted by molar-refractivity contribution is 5.76. The van der Waals surface area contributed by atoms with Crippen molar-refractivity contribution < 1.29 is 4.79 Å². The number of hydrogen-bond donors (Lipinski definition) is 2. The fourth-order valence-corrected chi connectivity index (χ4v) is 4.29. The van der Waals surface area contributed by atoms with Crippen LogP contribution in [0, 0.1) is 5.92 Å². The van der Waals surface area contributed by atoms with Crippen LogP contribution in [0.1, 0.15) is 64.0 Å². The summed E-state index contributed by atoms with van der Waals surface area (Å²) in [6.45, 7) is 7.29. The second kappa shape index (κ2) is 7.26. The van der Waals surface area contributed by atoms with Gasteiger partial charge in [-0.3, -0.25) is 4.79 Å². The Hall–Kier alpha value is -1.35. The van der Waals surface area contributed by atoms with Crippen molar-refractivity contribution in [3.63, 3.8) is 0 Å². The van der Waals surface area contributed by atoms with E-state index in [0.29, 0.717) is 31.0 Å². The molecule has 1 aromatic carbocycles. The van der Waals surface area contributed by atoms with E-state index in [-0.39, 0.29) is 11.3 Å². The largest absolute Gasteiger partial charge is 0.355 e. The predicted molar refractivity (Wildman–Crippen MR) is 99.1 cm³/mol. The summed E-state index contributed by atoms with van der Waals surface area (Å²) < 4.78 is 0. The number of piperidine rings is 1. The second-order valence-corrected chi connectivity index (χ2v) is 8.39. The third-order valence-corrected chi connectivity index (χ3v) is 5.92. The Balaban J connectivity index is 1.49. The summed E-state index contributed by atoms with van der Waals surface area (Å²) in [4.78, 5) is 12.4. The Morgan fingerprint density at radius 1 is 1.17 bits per heavy atom. The standard InChI is InChI=1S/C21H32N2O/c1-4-15-5-7-17(8-6-15)21(2,3)14-22-20(24)13-16-11-18-9-10-19(12-16)23-18/h5-8,16,18-19,23H,4,9-14H2,1-3H3,(H,22,24). The molecule has 3 heteroatoms. The summed E-state index contributed by atoms with van der Waals surface area (Å²) in [6.07, 6.45) is 6.69. The van der Waals surface area contributed by atoms with Gasteiger partial charge in [0.05, 0.1) is 0 Å². The second-order valence-electron chi connectivity index (χ2n) is 8.39. The molecule has 2 fully saturated rings. The topological polar surface area (TPSA) is 41.1 Å². The third kappa shape index (κ3) is 4.18. The van der Waals surface area contributed by atoms with Crippen molar-refractivity contribution in [2.75, 3.05) is 6.54 Å². The molecule has 0 aliphatic carbocycles. The number of nitrogens with one attached hydrogen (secondary N) is 2. The molecule has 132 valence electrons. The third-order valence-electron chi connectivity index (χ3n) is 5.92. The van der Waals surface area contributed by atoms with Gasteiger partial charge in [-0.2, -0.15) is 0 Å². The first kappa shape index (κ1) is 17.5. The fourth-order valence-electron chi connectivity index (χ4n) is 4.29. The van der Waals surface area contributed by atoms with E-state index in [1.807, 2.05) is 0 Å². The van der Waals surface area contributed by atoms with Crippen LogP contribution in [0.4, 0.5) is 0 Å². The molecule has 2 saturated heterocycles. The smallest absolute Gasteiger partial charge is 0.220 e. The molecule has 0 saturated carbocycles. The quantitative estimate of drug-likeness (QED) is 0.838. The van der Waals surface area contributed by atoms with Crippen molar-refractivity contribution in [1.82, 2.24) is 10.6 Å². The molecule has 2 bridgehead atoms. The molecule has 3 rings (SSSR count). The highest BCUT2D eigenvalue weighted by Crippen LogP contribution is 2.32. The molecule has 24 heavy (non-hydrogen) atoms. The molecule has 1 aromatic rings. The van der Waals surface area contributed by atoms with E-state index in [4.69, 9.17) is 0 Å². The lowest BCUT2D eigenvalue weighted by Crippen LogP contribution is -2.41. The lowest BCUT2D eigenvalue weighted by atomic mass is 9.83. The van der Waals surface area contributed by atoms with E-state index < -0.39 is 0 Å². The Morgan fingerprint density at radius 2 is 1.79 bits per heavy atom. The molecule has 2 heterocycles. The van der Waals surface area contributed by atoms with Crippen molar-refractivity contribution in [2.45, 2.75) is 76.8 Å². The molecular formula is C21H32N2O. The van der Waals surface area contributed by atoms with Crippen LogP contribution < -0.4 is 10.6 Å². The number of carbonyl (C=O) groups excluding carboxylic acids is 1. The van der Waals surface area contributed by atoms with Crippen molar-refractivity contribution in [1.29, 1.82) is 0 Å². The van der Waals surface area contributed by atoms with Gasteiger partial charge < -0.3 is 10.6 Å². The Kier molecular flexibility index (Phi) is 5.29. The van der Waals surface area contributed by atoms with Gasteiger partial charge in [0.2, 0.25) is 5.91 Å². The zero-order valence-corrected chi connectivity index (χ0v) is 15.4. The van der Waals surface area contributed by atoms with Crippen LogP contribution in [-0.2, 0) is 16.6 Å². The highest BCUT2D eigenvalue weighted by atomic mass is 16.1. The van der Waals surface area contributed by atoms with Crippen molar-refractivity contribution >= 4 is 5.91 Å². The summed E-state index contributed by atoms with van der Waals surface area (Å²) in [5.74, 6) is 0.787. The molecule has 2 atom stereocenters. The number of benzene rings is 1. The number of carbonyl (C=O) groups is 1. The molecular weight excluding hydrogens is 296 g/mol. The van der Waals surface area contributed by atoms with Gasteiger partial charge in [0.15, 0.2) is 0 Å². The van der Waals surface area contributed by atoms with Gasteiger partial charge in [0.25, 0.3) is 0 Å². The van der Waals surface area contributed by atoms with Crippen LogP contribution in [-0.4, -0.2) is 24.5 Å². The molecule has 2 aliphatic heterocycles. The number of amides is 1. The molecule has 2 aliphatic rings. The van der Waals surface area contributed by atoms with Crippen LogP contribution in [0.25, 0.3) is 0 Å². The average molecular weight is 328 g/mol. The minimum Gasteiger partial charge on any atom is -0.355 e. The van der Waals surface area contributed by atoms with Gasteiger partial charge >= 0.3 is 0 Å². The maximum Gasteiger partial charge on any atom is 0.220 e. The summed E-state index contributed by atoms with van der Waals surface area (Å²) in [7, 11) is 0. The van der Waals surface area contributed by atoms with E-state index >= 15 is 0 Å². The molecule has 0 aromatic heterocycles. The molecule has 0 spiro atoms. The first-order valence-electron chi connectivity index (χ1n) is 9.58. The Labute approximate surface area is 146 Å². The highest BCUT2D eigenvalue weighted by Gasteiger charge is 2.34. The summed E-state index contributed by atoms with van der Waals surface area (Å²) in [5.41, 5.74) is 2.62. The van der Waals surface area contributed by atoms with Crippen molar-refractivity contribution in [2.24, 2.45) is 5.92 Å². The van der Waals surface area contributed by atoms with E-state index in [2.05, 4.69) is 55.7 Å². The number of rotatable bonds is 6. The molecule has 2 unspecified atom stereocenters. The number of hydrogen-bond acceptors (Lipinski definition) is 2. The summed E-state index contributed by atoms with van der Waals surface area (Å²) >= 11 is 0. The molecule has 1 amide bonds. The lowest BCUT2D eigenvalue weighted by Gasteiger charge is -2.30. The first-order chi connectivity index (χ1) is 11.5. The van der Waals surface area contributed by atoms with Crippen molar-refractivity contribution in [3.8, 4) is 0 Å². The monoisotopic (exact) mass is 328 g/mol.